The first-order chi connectivity index (χ1) is 8.83. The molecular weight excluding hydrogens is 246 g/mol. The highest BCUT2D eigenvalue weighted by molar-refractivity contribution is 5.78. The van der Waals surface area contributed by atoms with Crippen LogP contribution >= 0.6 is 0 Å². The molecule has 1 aliphatic heterocycles. The van der Waals surface area contributed by atoms with E-state index in [9.17, 15) is 14.7 Å². The first kappa shape index (κ1) is 17.9. The fraction of sp³-hybridized carbons (Fsp3) is 0.857. The Morgan fingerprint density at radius 3 is 2.26 bits per heavy atom. The Morgan fingerprint density at radius 1 is 1.42 bits per heavy atom. The van der Waals surface area contributed by atoms with E-state index >= 15 is 0 Å². The molecule has 1 fully saturated rings. The van der Waals surface area contributed by atoms with Gasteiger partial charge in [0.25, 0.3) is 0 Å². The standard InChI is InChI=1S/C11H19NO4.C3H8/c1-6(2)7(11(15)16)5-9(13)8-3-4-10(14)12-8;1-3-2/h6-9,13H,3-5H2,1-2H3,(H,12,14)(H,15,16);3H2,1-2H3/t7-,8?,9?;/m0./s1. The molecule has 0 aromatic carbocycles. The topological polar surface area (TPSA) is 86.6 Å². The Kier molecular flexibility index (Phi) is 8.39. The molecule has 0 spiro atoms. The zero-order valence-corrected chi connectivity index (χ0v) is 12.3. The summed E-state index contributed by atoms with van der Waals surface area (Å²) in [6.45, 7) is 7.89. The van der Waals surface area contributed by atoms with Gasteiger partial charge in [0.05, 0.1) is 18.1 Å². The maximum absolute atomic E-state index is 11.0. The second-order valence-corrected chi connectivity index (χ2v) is 5.41. The summed E-state index contributed by atoms with van der Waals surface area (Å²) in [4.78, 5) is 21.9. The summed E-state index contributed by atoms with van der Waals surface area (Å²) in [5.41, 5.74) is 0. The summed E-state index contributed by atoms with van der Waals surface area (Å²) in [5.74, 6) is -1.55. The van der Waals surface area contributed by atoms with E-state index in [0.717, 1.165) is 0 Å². The van der Waals surface area contributed by atoms with Gasteiger partial charge >= 0.3 is 5.97 Å². The van der Waals surface area contributed by atoms with Gasteiger partial charge in [-0.15, -0.1) is 0 Å². The van der Waals surface area contributed by atoms with E-state index in [0.29, 0.717) is 12.8 Å². The van der Waals surface area contributed by atoms with Crippen molar-refractivity contribution in [2.45, 2.75) is 65.5 Å². The van der Waals surface area contributed by atoms with E-state index < -0.39 is 18.0 Å². The van der Waals surface area contributed by atoms with E-state index in [2.05, 4.69) is 19.2 Å². The fourth-order valence-corrected chi connectivity index (χ4v) is 2.01. The van der Waals surface area contributed by atoms with Crippen LogP contribution in [0.25, 0.3) is 0 Å². The average Bonchev–Trinajstić information content (AvgIpc) is 2.72. The van der Waals surface area contributed by atoms with E-state index in [4.69, 9.17) is 5.11 Å². The molecular formula is C14H27NO4. The highest BCUT2D eigenvalue weighted by Gasteiger charge is 2.32. The molecule has 0 radical (unpaired) electrons. The first-order valence-electron chi connectivity index (χ1n) is 7.03. The largest absolute Gasteiger partial charge is 0.481 e. The monoisotopic (exact) mass is 273 g/mol. The van der Waals surface area contributed by atoms with Crippen molar-refractivity contribution in [2.75, 3.05) is 0 Å². The highest BCUT2D eigenvalue weighted by Crippen LogP contribution is 2.22. The minimum absolute atomic E-state index is 0.0238. The highest BCUT2D eigenvalue weighted by atomic mass is 16.4. The second kappa shape index (κ2) is 8.91. The van der Waals surface area contributed by atoms with Gasteiger partial charge in [-0.05, 0) is 18.8 Å². The SMILES string of the molecule is CC(C)[C@H](CC(O)C1CCC(=O)N1)C(=O)O.CCC. The molecule has 1 amide bonds. The molecule has 112 valence electrons. The molecule has 5 nitrogen and oxygen atoms in total. The fourth-order valence-electron chi connectivity index (χ4n) is 2.01. The number of carbonyl (C=O) groups excluding carboxylic acids is 1. The van der Waals surface area contributed by atoms with Crippen LogP contribution in [0.2, 0.25) is 0 Å². The van der Waals surface area contributed by atoms with Gasteiger partial charge < -0.3 is 15.5 Å². The van der Waals surface area contributed by atoms with Crippen LogP contribution in [0.1, 0.15) is 53.4 Å². The molecule has 1 rings (SSSR count). The summed E-state index contributed by atoms with van der Waals surface area (Å²) in [5, 5.41) is 21.5. The van der Waals surface area contributed by atoms with Crippen LogP contribution in [-0.2, 0) is 9.59 Å². The normalized spacial score (nSPS) is 21.4. The first-order valence-corrected chi connectivity index (χ1v) is 7.03. The number of carboxylic acids is 1. The van der Waals surface area contributed by atoms with Crippen LogP contribution in [-0.4, -0.2) is 34.2 Å². The molecule has 19 heavy (non-hydrogen) atoms. The van der Waals surface area contributed by atoms with Crippen molar-refractivity contribution in [3.05, 3.63) is 0 Å². The minimum Gasteiger partial charge on any atom is -0.481 e. The van der Waals surface area contributed by atoms with Gasteiger partial charge in [0.2, 0.25) is 5.91 Å². The van der Waals surface area contributed by atoms with Crippen molar-refractivity contribution in [1.82, 2.24) is 5.32 Å². The molecule has 2 unspecified atom stereocenters. The van der Waals surface area contributed by atoms with E-state index in [1.54, 1.807) is 0 Å². The van der Waals surface area contributed by atoms with Crippen LogP contribution in [0.4, 0.5) is 0 Å². The summed E-state index contributed by atoms with van der Waals surface area (Å²) < 4.78 is 0. The second-order valence-electron chi connectivity index (χ2n) is 5.41. The van der Waals surface area contributed by atoms with Crippen molar-refractivity contribution in [3.63, 3.8) is 0 Å². The predicted octanol–water partition coefficient (Wildman–Crippen LogP) is 1.79. The molecule has 0 aromatic heterocycles. The molecule has 0 bridgehead atoms. The number of hydrogen-bond donors (Lipinski definition) is 3. The van der Waals surface area contributed by atoms with Gasteiger partial charge in [-0.3, -0.25) is 9.59 Å². The molecule has 0 aromatic rings. The van der Waals surface area contributed by atoms with Gasteiger partial charge in [0.15, 0.2) is 0 Å². The third-order valence-electron chi connectivity index (χ3n) is 3.11. The summed E-state index contributed by atoms with van der Waals surface area (Å²) in [6, 6.07) is -0.284. The average molecular weight is 273 g/mol. The number of nitrogens with one attached hydrogen (secondary N) is 1. The number of carbonyl (C=O) groups is 2. The summed E-state index contributed by atoms with van der Waals surface area (Å²) >= 11 is 0. The number of amides is 1. The maximum Gasteiger partial charge on any atom is 0.306 e. The Morgan fingerprint density at radius 2 is 1.95 bits per heavy atom. The number of hydrogen-bond acceptors (Lipinski definition) is 3. The molecule has 1 heterocycles. The lowest BCUT2D eigenvalue weighted by Gasteiger charge is -2.23. The van der Waals surface area contributed by atoms with Crippen LogP contribution in [0.5, 0.6) is 0 Å². The smallest absolute Gasteiger partial charge is 0.306 e. The van der Waals surface area contributed by atoms with Gasteiger partial charge in [-0.25, -0.2) is 0 Å². The van der Waals surface area contributed by atoms with Crippen molar-refractivity contribution >= 4 is 11.9 Å². The zero-order valence-electron chi connectivity index (χ0n) is 12.3. The van der Waals surface area contributed by atoms with Gasteiger partial charge in [-0.2, -0.15) is 0 Å². The lowest BCUT2D eigenvalue weighted by Crippen LogP contribution is -2.39. The predicted molar refractivity (Wildman–Crippen MR) is 73.7 cm³/mol. The van der Waals surface area contributed by atoms with E-state index in [-0.39, 0.29) is 24.3 Å². The van der Waals surface area contributed by atoms with E-state index in [1.165, 1.54) is 6.42 Å². The molecule has 3 N–H and O–H groups in total. The Labute approximate surface area is 115 Å². The number of aliphatic carboxylic acids is 1. The van der Waals surface area contributed by atoms with Crippen LogP contribution < -0.4 is 5.32 Å². The lowest BCUT2D eigenvalue weighted by molar-refractivity contribution is -0.144. The summed E-state index contributed by atoms with van der Waals surface area (Å²) in [6.07, 6.45) is 1.68. The third kappa shape index (κ3) is 6.57. The van der Waals surface area contributed by atoms with Crippen LogP contribution in [0, 0.1) is 11.8 Å². The summed E-state index contributed by atoms with van der Waals surface area (Å²) in [7, 11) is 0. The minimum atomic E-state index is -0.890. The number of rotatable bonds is 5. The maximum atomic E-state index is 11.0. The van der Waals surface area contributed by atoms with Crippen molar-refractivity contribution < 1.29 is 19.8 Å². The van der Waals surface area contributed by atoms with E-state index in [1.807, 2.05) is 13.8 Å². The molecule has 5 heteroatoms. The molecule has 1 aliphatic rings. The van der Waals surface area contributed by atoms with Crippen molar-refractivity contribution in [2.24, 2.45) is 11.8 Å². The molecule has 0 aliphatic carbocycles. The molecule has 3 atom stereocenters. The van der Waals surface area contributed by atoms with Crippen molar-refractivity contribution in [1.29, 1.82) is 0 Å². The molecule has 0 saturated carbocycles. The van der Waals surface area contributed by atoms with Gasteiger partial charge in [0.1, 0.15) is 0 Å². The molecule has 1 saturated heterocycles. The number of aliphatic hydroxyl groups excluding tert-OH is 1. The third-order valence-corrected chi connectivity index (χ3v) is 3.11. The Balaban J connectivity index is 0.000000982. The lowest BCUT2D eigenvalue weighted by atomic mass is 9.88. The van der Waals surface area contributed by atoms with Gasteiger partial charge in [0, 0.05) is 6.42 Å². The van der Waals surface area contributed by atoms with Gasteiger partial charge in [-0.1, -0.05) is 34.1 Å². The van der Waals surface area contributed by atoms with Crippen molar-refractivity contribution in [3.8, 4) is 0 Å². The van der Waals surface area contributed by atoms with Crippen LogP contribution in [0.15, 0.2) is 0 Å². The number of carboxylic acid groups (broad SMARTS) is 1. The quantitative estimate of drug-likeness (QED) is 0.712. The Bertz CT molecular complexity index is 291. The van der Waals surface area contributed by atoms with Crippen LogP contribution in [0.3, 0.4) is 0 Å². The number of aliphatic hydroxyl groups is 1. The zero-order chi connectivity index (χ0) is 15.0. The Hall–Kier alpha value is -1.10.